The third kappa shape index (κ3) is 4.95. The van der Waals surface area contributed by atoms with Gasteiger partial charge in [-0.25, -0.2) is 8.42 Å². The highest BCUT2D eigenvalue weighted by molar-refractivity contribution is 7.92. The number of sulfonamides is 1. The van der Waals surface area contributed by atoms with Crippen molar-refractivity contribution in [2.24, 2.45) is 0 Å². The van der Waals surface area contributed by atoms with Crippen LogP contribution in [0, 0.1) is 6.92 Å². The lowest BCUT2D eigenvalue weighted by atomic mass is 10.2. The summed E-state index contributed by atoms with van der Waals surface area (Å²) < 4.78 is 37.0. The Kier molecular flexibility index (Phi) is 6.90. The standard InChI is InChI=1S/C20H26N2O5S/c1-6-27-18-10-8-7-9-16(18)21-20(23)15(3)22(28(5,24)25)17-13-14(2)11-12-19(17)26-4/h7-13,15H,6H2,1-5H3,(H,21,23)/t15-/m0/s1. The molecule has 0 aliphatic rings. The minimum Gasteiger partial charge on any atom is -0.495 e. The fourth-order valence-corrected chi connectivity index (χ4v) is 4.01. The molecule has 28 heavy (non-hydrogen) atoms. The largest absolute Gasteiger partial charge is 0.495 e. The van der Waals surface area contributed by atoms with E-state index in [4.69, 9.17) is 9.47 Å². The van der Waals surface area contributed by atoms with Gasteiger partial charge in [0.15, 0.2) is 0 Å². The Hall–Kier alpha value is -2.74. The molecule has 0 radical (unpaired) electrons. The van der Waals surface area contributed by atoms with Gasteiger partial charge in [-0.15, -0.1) is 0 Å². The van der Waals surface area contributed by atoms with E-state index >= 15 is 0 Å². The highest BCUT2D eigenvalue weighted by atomic mass is 32.2. The van der Waals surface area contributed by atoms with E-state index in [9.17, 15) is 13.2 Å². The lowest BCUT2D eigenvalue weighted by molar-refractivity contribution is -0.116. The molecule has 0 saturated carbocycles. The number of carbonyl (C=O) groups excluding carboxylic acids is 1. The molecule has 0 spiro atoms. The average molecular weight is 407 g/mol. The van der Waals surface area contributed by atoms with Crippen LogP contribution in [0.2, 0.25) is 0 Å². The molecule has 1 atom stereocenters. The monoisotopic (exact) mass is 406 g/mol. The zero-order valence-corrected chi connectivity index (χ0v) is 17.5. The van der Waals surface area contributed by atoms with Gasteiger partial charge in [-0.3, -0.25) is 9.10 Å². The van der Waals surface area contributed by atoms with Crippen molar-refractivity contribution >= 4 is 27.3 Å². The molecule has 2 rings (SSSR count). The van der Waals surface area contributed by atoms with Gasteiger partial charge in [-0.05, 0) is 50.6 Å². The van der Waals surface area contributed by atoms with Gasteiger partial charge in [0.25, 0.3) is 0 Å². The second kappa shape index (κ2) is 8.97. The number of carbonyl (C=O) groups is 1. The number of amides is 1. The van der Waals surface area contributed by atoms with Crippen LogP contribution in [0.4, 0.5) is 11.4 Å². The van der Waals surface area contributed by atoms with Crippen LogP contribution in [-0.4, -0.2) is 40.3 Å². The molecule has 0 aromatic heterocycles. The first-order valence-electron chi connectivity index (χ1n) is 8.85. The maximum atomic E-state index is 12.9. The van der Waals surface area contributed by atoms with E-state index in [-0.39, 0.29) is 0 Å². The average Bonchev–Trinajstić information content (AvgIpc) is 2.62. The van der Waals surface area contributed by atoms with Crippen LogP contribution < -0.4 is 19.1 Å². The summed E-state index contributed by atoms with van der Waals surface area (Å²) in [5.41, 5.74) is 1.63. The van der Waals surface area contributed by atoms with Gasteiger partial charge in [0.1, 0.15) is 17.5 Å². The number of para-hydroxylation sites is 2. The third-order valence-corrected chi connectivity index (χ3v) is 5.33. The first-order chi connectivity index (χ1) is 13.2. The Morgan fingerprint density at radius 2 is 1.86 bits per heavy atom. The van der Waals surface area contributed by atoms with Gasteiger partial charge >= 0.3 is 0 Å². The quantitative estimate of drug-likeness (QED) is 0.728. The van der Waals surface area contributed by atoms with Crippen LogP contribution in [0.1, 0.15) is 19.4 Å². The van der Waals surface area contributed by atoms with Crippen LogP contribution in [0.25, 0.3) is 0 Å². The van der Waals surface area contributed by atoms with Crippen molar-refractivity contribution in [2.75, 3.05) is 29.6 Å². The lowest BCUT2D eigenvalue weighted by Gasteiger charge is -2.29. The maximum absolute atomic E-state index is 12.9. The first kappa shape index (κ1) is 21.6. The van der Waals surface area contributed by atoms with E-state index in [1.807, 2.05) is 19.9 Å². The third-order valence-electron chi connectivity index (χ3n) is 4.11. The highest BCUT2D eigenvalue weighted by Crippen LogP contribution is 2.33. The van der Waals surface area contributed by atoms with Gasteiger partial charge in [0, 0.05) is 0 Å². The van der Waals surface area contributed by atoms with Crippen LogP contribution >= 0.6 is 0 Å². The molecule has 152 valence electrons. The smallest absolute Gasteiger partial charge is 0.248 e. The van der Waals surface area contributed by atoms with Crippen molar-refractivity contribution in [3.05, 3.63) is 48.0 Å². The Morgan fingerprint density at radius 1 is 1.18 bits per heavy atom. The van der Waals surface area contributed by atoms with Gasteiger partial charge in [-0.1, -0.05) is 18.2 Å². The number of hydrogen-bond donors (Lipinski definition) is 1. The fourth-order valence-electron chi connectivity index (χ4n) is 2.84. The highest BCUT2D eigenvalue weighted by Gasteiger charge is 2.31. The summed E-state index contributed by atoms with van der Waals surface area (Å²) in [6.45, 7) is 5.66. The summed E-state index contributed by atoms with van der Waals surface area (Å²) in [5.74, 6) is 0.399. The van der Waals surface area contributed by atoms with Gasteiger partial charge in [-0.2, -0.15) is 0 Å². The summed E-state index contributed by atoms with van der Waals surface area (Å²) in [4.78, 5) is 12.9. The predicted molar refractivity (Wildman–Crippen MR) is 111 cm³/mol. The number of benzene rings is 2. The Balaban J connectivity index is 2.41. The van der Waals surface area contributed by atoms with E-state index < -0.39 is 22.0 Å². The lowest BCUT2D eigenvalue weighted by Crippen LogP contribution is -2.45. The van der Waals surface area contributed by atoms with Crippen LogP contribution in [0.5, 0.6) is 11.5 Å². The number of rotatable bonds is 8. The maximum Gasteiger partial charge on any atom is 0.248 e. The molecule has 0 bridgehead atoms. The molecule has 0 fully saturated rings. The molecule has 0 aliphatic carbocycles. The molecule has 8 heteroatoms. The molecule has 1 N–H and O–H groups in total. The number of anilines is 2. The van der Waals surface area contributed by atoms with E-state index in [0.717, 1.165) is 16.1 Å². The SMILES string of the molecule is CCOc1ccccc1NC(=O)[C@H](C)N(c1cc(C)ccc1OC)S(C)(=O)=O. The molecule has 0 unspecified atom stereocenters. The number of hydrogen-bond acceptors (Lipinski definition) is 5. The number of methoxy groups -OCH3 is 1. The van der Waals surface area contributed by atoms with Crippen molar-refractivity contribution in [3.63, 3.8) is 0 Å². The summed E-state index contributed by atoms with van der Waals surface area (Å²) in [6.07, 6.45) is 1.06. The van der Waals surface area contributed by atoms with Crippen molar-refractivity contribution in [1.82, 2.24) is 0 Å². The number of aryl methyl sites for hydroxylation is 1. The second-order valence-corrected chi connectivity index (χ2v) is 8.19. The van der Waals surface area contributed by atoms with Gasteiger partial charge in [0.05, 0.1) is 31.3 Å². The summed E-state index contributed by atoms with van der Waals surface area (Å²) >= 11 is 0. The molecular formula is C20H26N2O5S. The van der Waals surface area contributed by atoms with Crippen LogP contribution in [0.3, 0.4) is 0 Å². The van der Waals surface area contributed by atoms with E-state index in [1.54, 1.807) is 36.4 Å². The Morgan fingerprint density at radius 3 is 2.46 bits per heavy atom. The molecule has 0 saturated heterocycles. The molecule has 0 aliphatic heterocycles. The minimum atomic E-state index is -3.76. The first-order valence-corrected chi connectivity index (χ1v) is 10.7. The predicted octanol–water partition coefficient (Wildman–Crippen LogP) is 3.20. The zero-order valence-electron chi connectivity index (χ0n) is 16.7. The van der Waals surface area contributed by atoms with Crippen molar-refractivity contribution in [2.45, 2.75) is 26.8 Å². The molecule has 7 nitrogen and oxygen atoms in total. The van der Waals surface area contributed by atoms with Crippen molar-refractivity contribution in [1.29, 1.82) is 0 Å². The van der Waals surface area contributed by atoms with Crippen molar-refractivity contribution in [3.8, 4) is 11.5 Å². The Labute approximate surface area is 166 Å². The van der Waals surface area contributed by atoms with Crippen LogP contribution in [0.15, 0.2) is 42.5 Å². The normalized spacial score (nSPS) is 12.2. The molecule has 1 amide bonds. The summed E-state index contributed by atoms with van der Waals surface area (Å²) in [7, 11) is -2.31. The molecule has 2 aromatic rings. The van der Waals surface area contributed by atoms with Gasteiger partial charge < -0.3 is 14.8 Å². The summed E-state index contributed by atoms with van der Waals surface area (Å²) in [5, 5.41) is 2.76. The number of nitrogens with one attached hydrogen (secondary N) is 1. The zero-order chi connectivity index (χ0) is 20.9. The van der Waals surface area contributed by atoms with Gasteiger partial charge in [0.2, 0.25) is 15.9 Å². The Bertz CT molecular complexity index is 943. The molecule has 2 aromatic carbocycles. The fraction of sp³-hybridized carbons (Fsp3) is 0.350. The number of ether oxygens (including phenoxy) is 2. The van der Waals surface area contributed by atoms with E-state index in [0.29, 0.717) is 29.5 Å². The van der Waals surface area contributed by atoms with E-state index in [1.165, 1.54) is 14.0 Å². The molecular weight excluding hydrogens is 380 g/mol. The van der Waals surface area contributed by atoms with E-state index in [2.05, 4.69) is 5.32 Å². The second-order valence-electron chi connectivity index (χ2n) is 6.33. The topological polar surface area (TPSA) is 84.9 Å². The van der Waals surface area contributed by atoms with Crippen molar-refractivity contribution < 1.29 is 22.7 Å². The number of nitrogens with zero attached hydrogens (tertiary/aromatic N) is 1. The molecule has 0 heterocycles. The summed E-state index contributed by atoms with van der Waals surface area (Å²) in [6, 6.07) is 11.2. The van der Waals surface area contributed by atoms with Crippen LogP contribution in [-0.2, 0) is 14.8 Å². The minimum absolute atomic E-state index is 0.311.